The Morgan fingerprint density at radius 3 is 2.88 bits per heavy atom. The Morgan fingerprint density at radius 1 is 1.35 bits per heavy atom. The normalized spacial score (nSPS) is 17.8. The van der Waals surface area contributed by atoms with Crippen LogP contribution in [0.5, 0.6) is 0 Å². The molecule has 1 saturated heterocycles. The minimum Gasteiger partial charge on any atom is -0.342 e. The molecule has 0 spiro atoms. The highest BCUT2D eigenvalue weighted by molar-refractivity contribution is 5.95. The van der Waals surface area contributed by atoms with E-state index < -0.39 is 0 Å². The van der Waals surface area contributed by atoms with E-state index in [1.165, 1.54) is 0 Å². The zero-order valence-electron chi connectivity index (χ0n) is 15.7. The lowest BCUT2D eigenvalue weighted by Gasteiger charge is -2.39. The molecule has 2 heterocycles. The average molecular weight is 357 g/mol. The van der Waals surface area contributed by atoms with E-state index in [1.807, 2.05) is 25.1 Å². The number of urea groups is 1. The van der Waals surface area contributed by atoms with Crippen LogP contribution in [-0.4, -0.2) is 57.9 Å². The molecule has 3 amide bonds. The predicted molar refractivity (Wildman–Crippen MR) is 102 cm³/mol. The molecule has 1 aromatic heterocycles. The number of carbonyl (C=O) groups is 2. The van der Waals surface area contributed by atoms with Crippen LogP contribution in [-0.2, 0) is 11.2 Å². The van der Waals surface area contributed by atoms with Gasteiger partial charge in [0.05, 0.1) is 11.0 Å². The largest absolute Gasteiger partial charge is 0.342 e. The van der Waals surface area contributed by atoms with Crippen molar-refractivity contribution in [3.63, 3.8) is 0 Å². The molecule has 2 aromatic rings. The van der Waals surface area contributed by atoms with Gasteiger partial charge >= 0.3 is 6.03 Å². The number of fused-ring (bicyclic) bond motifs is 1. The highest BCUT2D eigenvalue weighted by Crippen LogP contribution is 2.21. The number of aryl methyl sites for hydroxylation is 1. The highest BCUT2D eigenvalue weighted by Gasteiger charge is 2.35. The molecule has 0 unspecified atom stereocenters. The number of rotatable bonds is 5. The van der Waals surface area contributed by atoms with Gasteiger partial charge in [0.15, 0.2) is 0 Å². The van der Waals surface area contributed by atoms with Crippen LogP contribution in [0.15, 0.2) is 18.2 Å². The first-order valence-electron chi connectivity index (χ1n) is 9.34. The van der Waals surface area contributed by atoms with Gasteiger partial charge in [-0.2, -0.15) is 0 Å². The second kappa shape index (κ2) is 7.76. The van der Waals surface area contributed by atoms with E-state index in [9.17, 15) is 9.59 Å². The summed E-state index contributed by atoms with van der Waals surface area (Å²) < 4.78 is 0. The number of hydrogen-bond acceptors (Lipinski definition) is 3. The molecule has 3 rings (SSSR count). The third-order valence-electron chi connectivity index (χ3n) is 4.92. The monoisotopic (exact) mass is 357 g/mol. The maximum Gasteiger partial charge on any atom is 0.322 e. The molecule has 1 aliphatic heterocycles. The van der Waals surface area contributed by atoms with E-state index in [-0.39, 0.29) is 18.0 Å². The van der Waals surface area contributed by atoms with Gasteiger partial charge in [-0.05, 0) is 24.6 Å². The van der Waals surface area contributed by atoms with Crippen molar-refractivity contribution in [1.29, 1.82) is 0 Å². The molecule has 1 aromatic carbocycles. The van der Waals surface area contributed by atoms with Crippen LogP contribution in [0.25, 0.3) is 11.0 Å². The Bertz CT molecular complexity index is 800. The van der Waals surface area contributed by atoms with Crippen molar-refractivity contribution in [1.82, 2.24) is 19.8 Å². The van der Waals surface area contributed by atoms with E-state index in [0.29, 0.717) is 25.2 Å². The van der Waals surface area contributed by atoms with Crippen molar-refractivity contribution in [2.24, 2.45) is 0 Å². The van der Waals surface area contributed by atoms with Crippen LogP contribution in [0.1, 0.15) is 38.9 Å². The molecule has 0 radical (unpaired) electrons. The van der Waals surface area contributed by atoms with Gasteiger partial charge in [-0.15, -0.1) is 0 Å². The van der Waals surface area contributed by atoms with Crippen molar-refractivity contribution in [2.75, 3.05) is 25.5 Å². The number of benzene rings is 1. The van der Waals surface area contributed by atoms with Gasteiger partial charge in [0.25, 0.3) is 0 Å². The molecule has 0 aliphatic carbocycles. The third-order valence-corrected chi connectivity index (χ3v) is 4.92. The summed E-state index contributed by atoms with van der Waals surface area (Å²) in [5.41, 5.74) is 2.49. The Labute approximate surface area is 153 Å². The van der Waals surface area contributed by atoms with Crippen LogP contribution in [0.4, 0.5) is 10.5 Å². The van der Waals surface area contributed by atoms with Crippen molar-refractivity contribution >= 4 is 28.7 Å². The second-order valence-electron chi connectivity index (χ2n) is 6.81. The summed E-state index contributed by atoms with van der Waals surface area (Å²) in [4.78, 5) is 36.4. The summed E-state index contributed by atoms with van der Waals surface area (Å²) in [6.07, 6.45) is 3.46. The first-order chi connectivity index (χ1) is 12.5. The van der Waals surface area contributed by atoms with E-state index in [2.05, 4.69) is 22.2 Å². The molecule has 2 N–H and O–H groups in total. The molecular formula is C19H27N5O2. The number of anilines is 1. The first kappa shape index (κ1) is 18.2. The Kier molecular flexibility index (Phi) is 5.44. The van der Waals surface area contributed by atoms with Crippen LogP contribution >= 0.6 is 0 Å². The number of nitrogens with zero attached hydrogens (tertiary/aromatic N) is 3. The lowest BCUT2D eigenvalue weighted by Crippen LogP contribution is -2.58. The lowest BCUT2D eigenvalue weighted by molar-refractivity contribution is -0.138. The first-order valence-corrected chi connectivity index (χ1v) is 9.34. The number of hydrogen-bond donors (Lipinski definition) is 2. The summed E-state index contributed by atoms with van der Waals surface area (Å²) in [7, 11) is 1.80. The molecule has 7 nitrogen and oxygen atoms in total. The third kappa shape index (κ3) is 3.66. The van der Waals surface area contributed by atoms with E-state index in [0.717, 1.165) is 36.1 Å². The summed E-state index contributed by atoms with van der Waals surface area (Å²) in [5, 5.41) is 2.94. The van der Waals surface area contributed by atoms with Crippen LogP contribution in [0.3, 0.4) is 0 Å². The van der Waals surface area contributed by atoms with Crippen molar-refractivity contribution in [2.45, 2.75) is 45.6 Å². The summed E-state index contributed by atoms with van der Waals surface area (Å²) in [6, 6.07) is 5.03. The van der Waals surface area contributed by atoms with Crippen molar-refractivity contribution in [3.05, 3.63) is 24.0 Å². The summed E-state index contributed by atoms with van der Waals surface area (Å²) in [5.74, 6) is 0.948. The molecular weight excluding hydrogens is 330 g/mol. The molecule has 0 bridgehead atoms. The minimum absolute atomic E-state index is 0.0245. The van der Waals surface area contributed by atoms with Gasteiger partial charge < -0.3 is 20.1 Å². The number of H-pyrrole nitrogens is 1. The Hall–Kier alpha value is -2.57. The molecule has 7 heteroatoms. The van der Waals surface area contributed by atoms with Gasteiger partial charge in [0, 0.05) is 32.2 Å². The van der Waals surface area contributed by atoms with Gasteiger partial charge in [-0.25, -0.2) is 9.78 Å². The maximum absolute atomic E-state index is 12.8. The van der Waals surface area contributed by atoms with Crippen molar-refractivity contribution in [3.8, 4) is 0 Å². The van der Waals surface area contributed by atoms with Gasteiger partial charge in [-0.3, -0.25) is 4.79 Å². The van der Waals surface area contributed by atoms with E-state index in [1.54, 1.807) is 16.8 Å². The highest BCUT2D eigenvalue weighted by atomic mass is 16.2. The average Bonchev–Trinajstić information content (AvgIpc) is 3.05. The smallest absolute Gasteiger partial charge is 0.322 e. The van der Waals surface area contributed by atoms with Crippen molar-refractivity contribution < 1.29 is 9.59 Å². The van der Waals surface area contributed by atoms with Crippen LogP contribution in [0.2, 0.25) is 0 Å². The number of nitrogens with one attached hydrogen (secondary N) is 2. The standard InChI is InChI=1S/C19H27N5O2/c1-4-6-7-16-18(25)23(3)10-11-24(16)19(26)20-13-8-9-14-15(12-13)22-17(5-2)21-14/h8-9,12,16H,4-7,10-11H2,1-3H3,(H,20,26)(H,21,22)/t16-/m0/s1. The quantitative estimate of drug-likeness (QED) is 0.863. The second-order valence-corrected chi connectivity index (χ2v) is 6.81. The predicted octanol–water partition coefficient (Wildman–Crippen LogP) is 2.99. The van der Waals surface area contributed by atoms with E-state index >= 15 is 0 Å². The molecule has 140 valence electrons. The number of carbonyl (C=O) groups excluding carboxylic acids is 2. The maximum atomic E-state index is 12.8. The fourth-order valence-electron chi connectivity index (χ4n) is 3.33. The number of amides is 3. The molecule has 1 aliphatic rings. The molecule has 0 saturated carbocycles. The summed E-state index contributed by atoms with van der Waals surface area (Å²) >= 11 is 0. The molecule has 26 heavy (non-hydrogen) atoms. The lowest BCUT2D eigenvalue weighted by atomic mass is 10.0. The number of aromatic amines is 1. The number of aromatic nitrogens is 2. The number of likely N-dealkylation sites (N-methyl/N-ethyl adjacent to an activating group) is 1. The Morgan fingerprint density at radius 2 is 2.15 bits per heavy atom. The van der Waals surface area contributed by atoms with E-state index in [4.69, 9.17) is 0 Å². The fraction of sp³-hybridized carbons (Fsp3) is 0.526. The van der Waals surface area contributed by atoms with Gasteiger partial charge in [0.2, 0.25) is 5.91 Å². The Balaban J connectivity index is 1.75. The molecule has 1 fully saturated rings. The SMILES string of the molecule is CCCC[C@H]1C(=O)N(C)CCN1C(=O)Nc1ccc2nc(CC)[nH]c2c1. The molecule has 1 atom stereocenters. The minimum atomic E-state index is -0.378. The number of imidazole rings is 1. The van der Waals surface area contributed by atoms with Gasteiger partial charge in [-0.1, -0.05) is 26.7 Å². The van der Waals surface area contributed by atoms with Crippen LogP contribution in [0, 0.1) is 0 Å². The zero-order chi connectivity index (χ0) is 18.7. The topological polar surface area (TPSA) is 81.3 Å². The summed E-state index contributed by atoms with van der Waals surface area (Å²) in [6.45, 7) is 5.25. The zero-order valence-corrected chi connectivity index (χ0v) is 15.7. The van der Waals surface area contributed by atoms with Gasteiger partial charge in [0.1, 0.15) is 11.9 Å². The number of unbranched alkanes of at least 4 members (excludes halogenated alkanes) is 1. The fourth-order valence-corrected chi connectivity index (χ4v) is 3.33. The van der Waals surface area contributed by atoms with Crippen LogP contribution < -0.4 is 5.32 Å². The number of piperazine rings is 1.